The predicted molar refractivity (Wildman–Crippen MR) is 160 cm³/mol. The van der Waals surface area contributed by atoms with Crippen LogP contribution in [0.1, 0.15) is 104 Å². The molecule has 0 saturated carbocycles. The number of aromatic nitrogens is 2. The maximum absolute atomic E-state index is 6.32. The number of hydrogen-bond acceptors (Lipinski definition) is 4. The van der Waals surface area contributed by atoms with Gasteiger partial charge in [0.25, 0.3) is 0 Å². The van der Waals surface area contributed by atoms with E-state index in [0.29, 0.717) is 12.4 Å². The minimum atomic E-state index is 0.156. The zero-order valence-electron chi connectivity index (χ0n) is 24.0. The predicted octanol–water partition coefficient (Wildman–Crippen LogP) is 10.1. The fourth-order valence-corrected chi connectivity index (χ4v) is 4.81. The Kier molecular flexibility index (Phi) is 13.7. The van der Waals surface area contributed by atoms with E-state index in [1.807, 2.05) is 12.1 Å². The summed E-state index contributed by atoms with van der Waals surface area (Å²) in [5.74, 6) is 2.22. The van der Waals surface area contributed by atoms with Crippen molar-refractivity contribution in [2.75, 3.05) is 6.61 Å². The molecular weight excluding hydrogens is 468 g/mol. The fraction of sp³-hybridized carbons (Fsp3) is 0.529. The smallest absolute Gasteiger partial charge is 0.163 e. The van der Waals surface area contributed by atoms with Crippen molar-refractivity contribution in [3.05, 3.63) is 60.9 Å². The lowest BCUT2D eigenvalue weighted by molar-refractivity contribution is 0.204. The molecule has 3 rings (SSSR count). The summed E-state index contributed by atoms with van der Waals surface area (Å²) in [6.45, 7) is 7.35. The van der Waals surface area contributed by atoms with E-state index in [4.69, 9.17) is 19.4 Å². The molecule has 0 amide bonds. The minimum absolute atomic E-state index is 0.156. The molecule has 0 fully saturated rings. The Labute approximate surface area is 231 Å². The highest BCUT2D eigenvalue weighted by Crippen LogP contribution is 2.38. The lowest BCUT2D eigenvalue weighted by atomic mass is 9.98. The van der Waals surface area contributed by atoms with Crippen molar-refractivity contribution in [1.29, 1.82) is 0 Å². The summed E-state index contributed by atoms with van der Waals surface area (Å²) in [5, 5.41) is 0. The molecule has 1 heterocycles. The molecule has 0 N–H and O–H groups in total. The normalized spacial score (nSPS) is 11.9. The first-order valence-electron chi connectivity index (χ1n) is 15.0. The van der Waals surface area contributed by atoms with Gasteiger partial charge in [-0.25, -0.2) is 9.97 Å². The molecule has 4 nitrogen and oxygen atoms in total. The van der Waals surface area contributed by atoms with Crippen LogP contribution in [0.2, 0.25) is 0 Å². The monoisotopic (exact) mass is 516 g/mol. The molecule has 3 aromatic rings. The van der Waals surface area contributed by atoms with Crippen molar-refractivity contribution in [2.45, 2.75) is 110 Å². The van der Waals surface area contributed by atoms with E-state index in [1.165, 1.54) is 70.6 Å². The van der Waals surface area contributed by atoms with Crippen LogP contribution < -0.4 is 9.47 Å². The molecule has 0 spiro atoms. The minimum Gasteiger partial charge on any atom is -0.493 e. The molecule has 1 atom stereocenters. The molecule has 0 bridgehead atoms. The quantitative estimate of drug-likeness (QED) is 0.149. The molecule has 2 aromatic carbocycles. The van der Waals surface area contributed by atoms with E-state index in [1.54, 1.807) is 12.4 Å². The molecule has 0 radical (unpaired) electrons. The second-order valence-corrected chi connectivity index (χ2v) is 10.4. The molecule has 0 saturated heterocycles. The van der Waals surface area contributed by atoms with Gasteiger partial charge in [-0.05, 0) is 43.4 Å². The molecule has 0 aliphatic carbocycles. The van der Waals surface area contributed by atoms with E-state index in [2.05, 4.69) is 57.2 Å². The Hall–Kier alpha value is -2.88. The highest BCUT2D eigenvalue weighted by Gasteiger charge is 2.17. The summed E-state index contributed by atoms with van der Waals surface area (Å²) in [6, 6.07) is 16.6. The van der Waals surface area contributed by atoms with Crippen LogP contribution in [-0.2, 0) is 0 Å². The highest BCUT2D eigenvalue weighted by atomic mass is 16.5. The van der Waals surface area contributed by atoms with Gasteiger partial charge in [0.1, 0.15) is 5.75 Å². The van der Waals surface area contributed by atoms with Gasteiger partial charge in [-0.15, -0.1) is 0 Å². The van der Waals surface area contributed by atoms with Crippen LogP contribution in [0.15, 0.2) is 60.9 Å². The van der Waals surface area contributed by atoms with Crippen molar-refractivity contribution in [2.24, 2.45) is 0 Å². The van der Waals surface area contributed by atoms with Gasteiger partial charge in [-0.1, -0.05) is 121 Å². The number of unbranched alkanes of at least 4 members (excludes halogenated alkanes) is 10. The third kappa shape index (κ3) is 10.1. The van der Waals surface area contributed by atoms with Gasteiger partial charge in [0.15, 0.2) is 11.6 Å². The molecule has 4 heteroatoms. The van der Waals surface area contributed by atoms with Crippen molar-refractivity contribution in [1.82, 2.24) is 9.97 Å². The molecule has 0 unspecified atom stereocenters. The van der Waals surface area contributed by atoms with Crippen molar-refractivity contribution >= 4 is 0 Å². The maximum Gasteiger partial charge on any atom is 0.163 e. The highest BCUT2D eigenvalue weighted by molar-refractivity contribution is 5.84. The van der Waals surface area contributed by atoms with Crippen LogP contribution in [0.4, 0.5) is 0 Å². The Balaban J connectivity index is 1.67. The Morgan fingerprint density at radius 1 is 0.684 bits per heavy atom. The molecule has 206 valence electrons. The molecular formula is C34H48N2O2. The number of hydrogen-bond donors (Lipinski definition) is 0. The average molecular weight is 517 g/mol. The molecule has 1 aromatic heterocycles. The Morgan fingerprint density at radius 3 is 2.00 bits per heavy atom. The first-order valence-corrected chi connectivity index (χ1v) is 15.0. The zero-order chi connectivity index (χ0) is 26.8. The number of ether oxygens (including phenoxy) is 2. The zero-order valence-corrected chi connectivity index (χ0v) is 24.0. The lowest BCUT2D eigenvalue weighted by Crippen LogP contribution is -2.12. The van der Waals surface area contributed by atoms with Gasteiger partial charge in [-0.2, -0.15) is 0 Å². The first kappa shape index (κ1) is 29.7. The summed E-state index contributed by atoms with van der Waals surface area (Å²) in [7, 11) is 0. The maximum atomic E-state index is 6.32. The van der Waals surface area contributed by atoms with Crippen LogP contribution in [-0.4, -0.2) is 22.7 Å². The van der Waals surface area contributed by atoms with E-state index in [-0.39, 0.29) is 6.10 Å². The topological polar surface area (TPSA) is 44.2 Å². The van der Waals surface area contributed by atoms with E-state index in [9.17, 15) is 0 Å². The summed E-state index contributed by atoms with van der Waals surface area (Å²) in [6.07, 6.45) is 20.0. The van der Waals surface area contributed by atoms with Gasteiger partial charge in [-0.3, -0.25) is 0 Å². The van der Waals surface area contributed by atoms with Crippen molar-refractivity contribution < 1.29 is 9.47 Å². The standard InChI is InChI=1S/C34H48N2O2/c1-4-6-8-10-12-15-20-28(3)38-30-26-35-34(36-27-30)33-31(29-21-16-14-17-22-29)23-19-24-32(33)37-25-18-13-11-9-7-5-2/h14,16-17,19,21-24,26-28H,4-13,15,18,20,25H2,1-3H3/t28-/m1/s1. The van der Waals surface area contributed by atoms with Gasteiger partial charge in [0.05, 0.1) is 30.7 Å². The molecule has 0 aliphatic heterocycles. The number of nitrogens with zero attached hydrogens (tertiary/aromatic N) is 2. The van der Waals surface area contributed by atoms with Crippen LogP contribution in [0.3, 0.4) is 0 Å². The van der Waals surface area contributed by atoms with E-state index >= 15 is 0 Å². The van der Waals surface area contributed by atoms with Crippen LogP contribution in [0.25, 0.3) is 22.5 Å². The van der Waals surface area contributed by atoms with Gasteiger partial charge < -0.3 is 9.47 Å². The van der Waals surface area contributed by atoms with Gasteiger partial charge >= 0.3 is 0 Å². The SMILES string of the molecule is CCCCCCCCOc1cccc(-c2ccccc2)c1-c1ncc(O[C@H](C)CCCCCCCC)cn1. The van der Waals surface area contributed by atoms with E-state index < -0.39 is 0 Å². The molecule has 0 aliphatic rings. The number of rotatable bonds is 19. The largest absolute Gasteiger partial charge is 0.493 e. The van der Waals surface area contributed by atoms with Gasteiger partial charge in [0, 0.05) is 0 Å². The lowest BCUT2D eigenvalue weighted by Gasteiger charge is -2.17. The molecule has 38 heavy (non-hydrogen) atoms. The summed E-state index contributed by atoms with van der Waals surface area (Å²) in [5.41, 5.74) is 3.15. The second kappa shape index (κ2) is 17.6. The summed E-state index contributed by atoms with van der Waals surface area (Å²) in [4.78, 5) is 9.48. The van der Waals surface area contributed by atoms with Gasteiger partial charge in [0.2, 0.25) is 0 Å². The Bertz CT molecular complexity index is 1020. The third-order valence-electron chi connectivity index (χ3n) is 7.02. The van der Waals surface area contributed by atoms with Crippen LogP contribution in [0, 0.1) is 0 Å². The van der Waals surface area contributed by atoms with Crippen molar-refractivity contribution in [3.63, 3.8) is 0 Å². The summed E-state index contributed by atoms with van der Waals surface area (Å²) < 4.78 is 12.5. The van der Waals surface area contributed by atoms with Crippen LogP contribution >= 0.6 is 0 Å². The van der Waals surface area contributed by atoms with E-state index in [0.717, 1.165) is 41.0 Å². The van der Waals surface area contributed by atoms with Crippen LogP contribution in [0.5, 0.6) is 11.5 Å². The average Bonchev–Trinajstić information content (AvgIpc) is 2.95. The third-order valence-corrected chi connectivity index (χ3v) is 7.02. The summed E-state index contributed by atoms with van der Waals surface area (Å²) >= 11 is 0. The van der Waals surface area contributed by atoms with Crippen molar-refractivity contribution in [3.8, 4) is 34.0 Å². The number of benzene rings is 2. The first-order chi connectivity index (χ1) is 18.7. The second-order valence-electron chi connectivity index (χ2n) is 10.4. The Morgan fingerprint density at radius 2 is 1.32 bits per heavy atom. The fourth-order valence-electron chi connectivity index (χ4n) is 4.81.